The molecule has 1 aromatic heterocycles. The number of aliphatic hydroxyl groups is 1. The first-order chi connectivity index (χ1) is 8.60. The van der Waals surface area contributed by atoms with Gasteiger partial charge in [0.05, 0.1) is 6.10 Å². The molecule has 1 unspecified atom stereocenters. The second kappa shape index (κ2) is 5.63. The monoisotopic (exact) mass is 264 g/mol. The lowest BCUT2D eigenvalue weighted by atomic mass is 10.0. The van der Waals surface area contributed by atoms with E-state index in [0.29, 0.717) is 12.0 Å². The van der Waals surface area contributed by atoms with Gasteiger partial charge in [-0.1, -0.05) is 19.1 Å². The second-order valence-electron chi connectivity index (χ2n) is 4.45. The van der Waals surface area contributed by atoms with Crippen LogP contribution in [-0.2, 0) is 12.8 Å². The number of thiophene rings is 1. The van der Waals surface area contributed by atoms with Crippen LogP contribution in [0.5, 0.6) is 0 Å². The first-order valence-corrected chi connectivity index (χ1v) is 6.93. The van der Waals surface area contributed by atoms with E-state index in [1.54, 1.807) is 30.4 Å². The maximum absolute atomic E-state index is 13.2. The first kappa shape index (κ1) is 13.2. The fourth-order valence-corrected chi connectivity index (χ4v) is 2.90. The summed E-state index contributed by atoms with van der Waals surface area (Å²) < 4.78 is 13.2. The van der Waals surface area contributed by atoms with Crippen molar-refractivity contribution in [2.45, 2.75) is 32.8 Å². The van der Waals surface area contributed by atoms with Gasteiger partial charge in [-0.15, -0.1) is 11.3 Å². The molecule has 1 nitrogen and oxygen atoms in total. The summed E-state index contributed by atoms with van der Waals surface area (Å²) >= 11 is 1.73. The van der Waals surface area contributed by atoms with E-state index in [0.717, 1.165) is 12.0 Å². The van der Waals surface area contributed by atoms with Gasteiger partial charge in [-0.05, 0) is 42.7 Å². The van der Waals surface area contributed by atoms with Crippen LogP contribution in [0.1, 0.15) is 33.9 Å². The molecule has 0 aliphatic carbocycles. The number of hydrogen-bond donors (Lipinski definition) is 1. The average molecular weight is 264 g/mol. The van der Waals surface area contributed by atoms with Gasteiger partial charge in [-0.3, -0.25) is 0 Å². The van der Waals surface area contributed by atoms with E-state index < -0.39 is 6.10 Å². The third kappa shape index (κ3) is 2.98. The standard InChI is InChI=1S/C15H17FOS/c1-3-12-5-6-13(18-12)9-15(17)11-4-7-14(16)10(2)8-11/h4-8,15,17H,3,9H2,1-2H3. The van der Waals surface area contributed by atoms with Gasteiger partial charge in [0.1, 0.15) is 5.82 Å². The minimum absolute atomic E-state index is 0.227. The molecule has 2 rings (SSSR count). The van der Waals surface area contributed by atoms with Crippen LogP contribution in [0.3, 0.4) is 0 Å². The number of benzene rings is 1. The lowest BCUT2D eigenvalue weighted by Crippen LogP contribution is -2.01. The van der Waals surface area contributed by atoms with Crippen molar-refractivity contribution < 1.29 is 9.50 Å². The predicted octanol–water partition coefficient (Wildman–Crippen LogP) is 4.03. The van der Waals surface area contributed by atoms with Crippen LogP contribution >= 0.6 is 11.3 Å². The average Bonchev–Trinajstić information content (AvgIpc) is 2.80. The third-order valence-electron chi connectivity index (χ3n) is 3.03. The molecule has 2 aromatic rings. The van der Waals surface area contributed by atoms with E-state index >= 15 is 0 Å². The van der Waals surface area contributed by atoms with Gasteiger partial charge in [-0.25, -0.2) is 4.39 Å². The summed E-state index contributed by atoms with van der Waals surface area (Å²) in [6.07, 6.45) is 1.05. The summed E-state index contributed by atoms with van der Waals surface area (Å²) in [4.78, 5) is 2.49. The van der Waals surface area contributed by atoms with Crippen molar-refractivity contribution in [1.29, 1.82) is 0 Å². The van der Waals surface area contributed by atoms with E-state index in [4.69, 9.17) is 0 Å². The Bertz CT molecular complexity index is 533. The van der Waals surface area contributed by atoms with Gasteiger partial charge in [0.15, 0.2) is 0 Å². The van der Waals surface area contributed by atoms with E-state index in [2.05, 4.69) is 19.1 Å². The molecule has 1 atom stereocenters. The van der Waals surface area contributed by atoms with Crippen molar-refractivity contribution in [2.24, 2.45) is 0 Å². The maximum Gasteiger partial charge on any atom is 0.126 e. The molecular weight excluding hydrogens is 247 g/mol. The molecule has 96 valence electrons. The third-order valence-corrected chi connectivity index (χ3v) is 4.28. The zero-order valence-electron chi connectivity index (χ0n) is 10.6. The van der Waals surface area contributed by atoms with Crippen molar-refractivity contribution in [2.75, 3.05) is 0 Å². The fraction of sp³-hybridized carbons (Fsp3) is 0.333. The summed E-state index contributed by atoms with van der Waals surface area (Å²) in [5.41, 5.74) is 1.35. The molecule has 0 saturated heterocycles. The van der Waals surface area contributed by atoms with Crippen molar-refractivity contribution in [3.63, 3.8) is 0 Å². The van der Waals surface area contributed by atoms with Gasteiger partial charge < -0.3 is 5.11 Å². The van der Waals surface area contributed by atoms with Crippen molar-refractivity contribution in [1.82, 2.24) is 0 Å². The molecule has 1 aromatic carbocycles. The van der Waals surface area contributed by atoms with Crippen LogP contribution in [0.25, 0.3) is 0 Å². The Kier molecular flexibility index (Phi) is 4.15. The summed E-state index contributed by atoms with van der Waals surface area (Å²) in [7, 11) is 0. The number of rotatable bonds is 4. The van der Waals surface area contributed by atoms with Gasteiger partial charge in [-0.2, -0.15) is 0 Å². The molecule has 0 spiro atoms. The Morgan fingerprint density at radius 2 is 1.94 bits per heavy atom. The molecule has 0 fully saturated rings. The van der Waals surface area contributed by atoms with Gasteiger partial charge in [0.25, 0.3) is 0 Å². The maximum atomic E-state index is 13.2. The highest BCUT2D eigenvalue weighted by Gasteiger charge is 2.11. The molecule has 0 amide bonds. The van der Waals surface area contributed by atoms with Gasteiger partial charge >= 0.3 is 0 Å². The van der Waals surface area contributed by atoms with Crippen LogP contribution < -0.4 is 0 Å². The Morgan fingerprint density at radius 1 is 1.22 bits per heavy atom. The van der Waals surface area contributed by atoms with Crippen LogP contribution in [0.4, 0.5) is 4.39 Å². The molecule has 1 N–H and O–H groups in total. The second-order valence-corrected chi connectivity index (χ2v) is 5.70. The summed E-state index contributed by atoms with van der Waals surface area (Å²) in [5.74, 6) is -0.227. The molecule has 0 aliphatic heterocycles. The largest absolute Gasteiger partial charge is 0.388 e. The number of halogens is 1. The fourth-order valence-electron chi connectivity index (χ4n) is 1.91. The molecule has 0 radical (unpaired) electrons. The van der Waals surface area contributed by atoms with E-state index in [9.17, 15) is 9.50 Å². The zero-order chi connectivity index (χ0) is 13.1. The predicted molar refractivity (Wildman–Crippen MR) is 73.5 cm³/mol. The highest BCUT2D eigenvalue weighted by Crippen LogP contribution is 2.25. The van der Waals surface area contributed by atoms with Gasteiger partial charge in [0, 0.05) is 16.2 Å². The zero-order valence-corrected chi connectivity index (χ0v) is 11.4. The quantitative estimate of drug-likeness (QED) is 0.883. The number of hydrogen-bond acceptors (Lipinski definition) is 2. The van der Waals surface area contributed by atoms with Crippen LogP contribution in [0, 0.1) is 12.7 Å². The first-order valence-electron chi connectivity index (χ1n) is 6.12. The lowest BCUT2D eigenvalue weighted by molar-refractivity contribution is 0.179. The summed E-state index contributed by atoms with van der Waals surface area (Å²) in [6, 6.07) is 8.95. The SMILES string of the molecule is CCc1ccc(CC(O)c2ccc(F)c(C)c2)s1. The molecule has 3 heteroatoms. The van der Waals surface area contributed by atoms with Crippen molar-refractivity contribution in [3.05, 3.63) is 57.0 Å². The minimum Gasteiger partial charge on any atom is -0.388 e. The summed E-state index contributed by atoms with van der Waals surface area (Å²) in [5, 5.41) is 10.2. The Morgan fingerprint density at radius 3 is 2.56 bits per heavy atom. The summed E-state index contributed by atoms with van der Waals surface area (Å²) in [6.45, 7) is 3.83. The van der Waals surface area contributed by atoms with Crippen LogP contribution in [0.2, 0.25) is 0 Å². The molecule has 1 heterocycles. The molecule has 0 bridgehead atoms. The molecule has 0 saturated carbocycles. The number of aryl methyl sites for hydroxylation is 2. The highest BCUT2D eigenvalue weighted by molar-refractivity contribution is 7.11. The minimum atomic E-state index is -0.562. The lowest BCUT2D eigenvalue weighted by Gasteiger charge is -2.10. The molecule has 0 aliphatic rings. The van der Waals surface area contributed by atoms with Gasteiger partial charge in [0.2, 0.25) is 0 Å². The molecular formula is C15H17FOS. The Balaban J connectivity index is 2.11. The Hall–Kier alpha value is -1.19. The van der Waals surface area contributed by atoms with Crippen molar-refractivity contribution >= 4 is 11.3 Å². The molecule has 18 heavy (non-hydrogen) atoms. The van der Waals surface area contributed by atoms with Crippen LogP contribution in [0.15, 0.2) is 30.3 Å². The van der Waals surface area contributed by atoms with Crippen LogP contribution in [-0.4, -0.2) is 5.11 Å². The van der Waals surface area contributed by atoms with E-state index in [1.165, 1.54) is 15.8 Å². The van der Waals surface area contributed by atoms with E-state index in [1.807, 2.05) is 0 Å². The van der Waals surface area contributed by atoms with E-state index in [-0.39, 0.29) is 5.82 Å². The topological polar surface area (TPSA) is 20.2 Å². The Labute approximate surface area is 111 Å². The highest BCUT2D eigenvalue weighted by atomic mass is 32.1. The smallest absolute Gasteiger partial charge is 0.126 e. The number of aliphatic hydroxyl groups excluding tert-OH is 1. The van der Waals surface area contributed by atoms with Crippen molar-refractivity contribution in [3.8, 4) is 0 Å². The normalized spacial score (nSPS) is 12.7.